The van der Waals surface area contributed by atoms with Crippen LogP contribution in [-0.2, 0) is 0 Å². The van der Waals surface area contributed by atoms with Crippen LogP contribution in [0.3, 0.4) is 0 Å². The first-order valence-electron chi connectivity index (χ1n) is 7.34. The highest BCUT2D eigenvalue weighted by molar-refractivity contribution is 5.84. The minimum atomic E-state index is 0.932. The minimum Gasteiger partial charge on any atom is -0.0990 e. The molecule has 112 valence electrons. The van der Waals surface area contributed by atoms with Gasteiger partial charge in [0, 0.05) is 0 Å². The Balaban J connectivity index is 3.34. The van der Waals surface area contributed by atoms with Gasteiger partial charge in [-0.15, -0.1) is 0 Å². The maximum absolute atomic E-state index is 4.11. The molecule has 0 nitrogen and oxygen atoms in total. The van der Waals surface area contributed by atoms with E-state index in [1.807, 2.05) is 56.4 Å². The fraction of sp³-hybridized carbons (Fsp3) is 0.0909. The molecule has 22 heavy (non-hydrogen) atoms. The molecule has 1 aromatic carbocycles. The molecule has 1 aromatic rings. The Kier molecular flexibility index (Phi) is 7.42. The van der Waals surface area contributed by atoms with Gasteiger partial charge in [-0.25, -0.2) is 0 Å². The van der Waals surface area contributed by atoms with Crippen molar-refractivity contribution >= 4 is 5.57 Å². The van der Waals surface area contributed by atoms with Crippen molar-refractivity contribution in [3.63, 3.8) is 0 Å². The standard InChI is InChI=1S/C22H24/c1-6-11-20(12-7-2)22(21-13-9-8-10-14-21)17-19(5)16-15-18(3)4/h6-17H,1,3,5H2,2,4H3/b12-7-,16-15-,20-11+,22-17-. The Bertz CT molecular complexity index is 647. The van der Waals surface area contributed by atoms with Crippen LogP contribution in [0.25, 0.3) is 5.57 Å². The average Bonchev–Trinajstić information content (AvgIpc) is 2.51. The molecule has 0 atom stereocenters. The van der Waals surface area contributed by atoms with Crippen molar-refractivity contribution < 1.29 is 0 Å². The Morgan fingerprint density at radius 2 is 1.68 bits per heavy atom. The van der Waals surface area contributed by atoms with Gasteiger partial charge in [0.05, 0.1) is 0 Å². The van der Waals surface area contributed by atoms with E-state index in [-0.39, 0.29) is 0 Å². The van der Waals surface area contributed by atoms with Gasteiger partial charge in [-0.2, -0.15) is 0 Å². The summed E-state index contributed by atoms with van der Waals surface area (Å²) >= 11 is 0. The van der Waals surface area contributed by atoms with Crippen LogP contribution >= 0.6 is 0 Å². The summed E-state index contributed by atoms with van der Waals surface area (Å²) < 4.78 is 0. The zero-order chi connectivity index (χ0) is 16.4. The third-order valence-corrected chi connectivity index (χ3v) is 2.95. The maximum Gasteiger partial charge on any atom is -0.0106 e. The van der Waals surface area contributed by atoms with Gasteiger partial charge in [0.25, 0.3) is 0 Å². The molecule has 0 bridgehead atoms. The molecular formula is C22H24. The summed E-state index contributed by atoms with van der Waals surface area (Å²) in [6.07, 6.45) is 14.0. The van der Waals surface area contributed by atoms with Crippen LogP contribution in [0, 0.1) is 0 Å². The van der Waals surface area contributed by atoms with E-state index in [0.29, 0.717) is 0 Å². The Morgan fingerprint density at radius 1 is 1.00 bits per heavy atom. The van der Waals surface area contributed by atoms with E-state index in [1.165, 1.54) is 0 Å². The van der Waals surface area contributed by atoms with Crippen LogP contribution < -0.4 is 0 Å². The second-order valence-electron chi connectivity index (χ2n) is 5.04. The highest BCUT2D eigenvalue weighted by Crippen LogP contribution is 2.26. The van der Waals surface area contributed by atoms with Gasteiger partial charge >= 0.3 is 0 Å². The lowest BCUT2D eigenvalue weighted by atomic mass is 9.95. The zero-order valence-electron chi connectivity index (χ0n) is 13.5. The third kappa shape index (κ3) is 5.80. The molecule has 0 heteroatoms. The Hall–Kier alpha value is -2.60. The summed E-state index contributed by atoms with van der Waals surface area (Å²) in [6.45, 7) is 15.8. The Labute approximate surface area is 134 Å². The second-order valence-corrected chi connectivity index (χ2v) is 5.04. The quantitative estimate of drug-likeness (QED) is 0.506. The van der Waals surface area contributed by atoms with Gasteiger partial charge in [-0.3, -0.25) is 0 Å². The molecule has 0 aliphatic rings. The topological polar surface area (TPSA) is 0 Å². The highest BCUT2D eigenvalue weighted by Gasteiger charge is 2.05. The van der Waals surface area contributed by atoms with E-state index in [0.717, 1.165) is 27.9 Å². The largest absolute Gasteiger partial charge is 0.0990 e. The monoisotopic (exact) mass is 288 g/mol. The van der Waals surface area contributed by atoms with Crippen LogP contribution in [0.5, 0.6) is 0 Å². The van der Waals surface area contributed by atoms with Crippen LogP contribution in [0.4, 0.5) is 0 Å². The molecule has 0 aromatic heterocycles. The number of allylic oxidation sites excluding steroid dienone is 11. The van der Waals surface area contributed by atoms with Gasteiger partial charge in [-0.1, -0.05) is 92.1 Å². The minimum absolute atomic E-state index is 0.932. The van der Waals surface area contributed by atoms with Gasteiger partial charge in [0.2, 0.25) is 0 Å². The summed E-state index contributed by atoms with van der Waals surface area (Å²) in [5, 5.41) is 0. The lowest BCUT2D eigenvalue weighted by Crippen LogP contribution is -1.89. The predicted octanol–water partition coefficient (Wildman–Crippen LogP) is 6.45. The molecule has 0 fully saturated rings. The van der Waals surface area contributed by atoms with Crippen LogP contribution in [0.15, 0.2) is 109 Å². The summed E-state index contributed by atoms with van der Waals surface area (Å²) in [7, 11) is 0. The molecule has 1 rings (SSSR count). The lowest BCUT2D eigenvalue weighted by Gasteiger charge is -2.10. The first-order chi connectivity index (χ1) is 10.6. The summed E-state index contributed by atoms with van der Waals surface area (Å²) in [5.74, 6) is 0. The zero-order valence-corrected chi connectivity index (χ0v) is 13.5. The Morgan fingerprint density at radius 3 is 2.23 bits per heavy atom. The second kappa shape index (κ2) is 9.36. The molecule has 0 amide bonds. The maximum atomic E-state index is 4.11. The molecular weight excluding hydrogens is 264 g/mol. The van der Waals surface area contributed by atoms with Crippen molar-refractivity contribution in [2.75, 3.05) is 0 Å². The fourth-order valence-electron chi connectivity index (χ4n) is 1.98. The van der Waals surface area contributed by atoms with E-state index in [1.54, 1.807) is 6.08 Å². The van der Waals surface area contributed by atoms with Crippen LogP contribution in [0.2, 0.25) is 0 Å². The predicted molar refractivity (Wildman–Crippen MR) is 101 cm³/mol. The van der Waals surface area contributed by atoms with E-state index in [2.05, 4.69) is 44.0 Å². The van der Waals surface area contributed by atoms with E-state index in [9.17, 15) is 0 Å². The van der Waals surface area contributed by atoms with Gasteiger partial charge in [0.1, 0.15) is 0 Å². The van der Waals surface area contributed by atoms with Crippen molar-refractivity contribution in [1.82, 2.24) is 0 Å². The van der Waals surface area contributed by atoms with Crippen molar-refractivity contribution in [2.45, 2.75) is 13.8 Å². The molecule has 0 aliphatic heterocycles. The van der Waals surface area contributed by atoms with Crippen LogP contribution in [0.1, 0.15) is 19.4 Å². The molecule has 0 saturated heterocycles. The average molecular weight is 288 g/mol. The van der Waals surface area contributed by atoms with Crippen molar-refractivity contribution in [3.8, 4) is 0 Å². The van der Waals surface area contributed by atoms with Crippen molar-refractivity contribution in [3.05, 3.63) is 115 Å². The highest BCUT2D eigenvalue weighted by atomic mass is 14.1. The first kappa shape index (κ1) is 17.5. The number of hydrogen-bond acceptors (Lipinski definition) is 0. The smallest absolute Gasteiger partial charge is 0.0106 e. The first-order valence-corrected chi connectivity index (χ1v) is 7.34. The summed E-state index contributed by atoms with van der Waals surface area (Å²) in [5.41, 5.74) is 5.31. The van der Waals surface area contributed by atoms with E-state index < -0.39 is 0 Å². The van der Waals surface area contributed by atoms with E-state index >= 15 is 0 Å². The molecule has 0 N–H and O–H groups in total. The molecule has 0 unspecified atom stereocenters. The van der Waals surface area contributed by atoms with Gasteiger partial charge < -0.3 is 0 Å². The normalized spacial score (nSPS) is 12.8. The van der Waals surface area contributed by atoms with Crippen molar-refractivity contribution in [2.24, 2.45) is 0 Å². The SMILES string of the molecule is C=C/C=C(\C=C/C)C(=C/C(=C)/C=C\C(=C)C)/c1ccccc1. The third-order valence-electron chi connectivity index (χ3n) is 2.95. The van der Waals surface area contributed by atoms with Crippen LogP contribution in [-0.4, -0.2) is 0 Å². The summed E-state index contributed by atoms with van der Waals surface area (Å²) in [6, 6.07) is 10.3. The van der Waals surface area contributed by atoms with E-state index in [4.69, 9.17) is 0 Å². The fourth-order valence-corrected chi connectivity index (χ4v) is 1.98. The lowest BCUT2D eigenvalue weighted by molar-refractivity contribution is 1.53. The molecule has 0 saturated carbocycles. The van der Waals surface area contributed by atoms with Crippen molar-refractivity contribution in [1.29, 1.82) is 0 Å². The number of hydrogen-bond donors (Lipinski definition) is 0. The molecule has 0 heterocycles. The van der Waals surface area contributed by atoms with Gasteiger partial charge in [0.15, 0.2) is 0 Å². The van der Waals surface area contributed by atoms with Gasteiger partial charge in [-0.05, 0) is 42.2 Å². The molecule has 0 radical (unpaired) electrons. The molecule has 0 spiro atoms. The summed E-state index contributed by atoms with van der Waals surface area (Å²) in [4.78, 5) is 0. The number of rotatable bonds is 7. The molecule has 0 aliphatic carbocycles. The number of benzene rings is 1.